The molecule has 0 bridgehead atoms. The molecule has 1 rings (SSSR count). The van der Waals surface area contributed by atoms with Crippen molar-refractivity contribution in [3.63, 3.8) is 0 Å². The van der Waals surface area contributed by atoms with Gasteiger partial charge in [-0.15, -0.1) is 0 Å². The monoisotopic (exact) mass is 869 g/mol. The SMILES string of the molecule is CC/C=C/C/C=C/C/C=C/C/C=C/C/C=C/CCCC(=O)OC[C@H](CO[C@H]1O[C@H](CS(=O)(=O)O)[C@@H](O)C(O)C1O)OC(=O)CCCCCCCCCCCCCCCCC. The van der Waals surface area contributed by atoms with Crippen LogP contribution in [0.1, 0.15) is 168 Å². The fraction of sp³-hybridized carbons (Fsp3) is 0.745. The van der Waals surface area contributed by atoms with Gasteiger partial charge in [0.1, 0.15) is 36.8 Å². The van der Waals surface area contributed by atoms with Gasteiger partial charge in [0.05, 0.1) is 6.61 Å². The normalized spacial score (nSPS) is 20.7. The molecule has 0 aliphatic carbocycles. The molecule has 0 aromatic rings. The van der Waals surface area contributed by atoms with Crippen LogP contribution in [0.4, 0.5) is 0 Å². The van der Waals surface area contributed by atoms with Crippen molar-refractivity contribution in [1.82, 2.24) is 0 Å². The van der Waals surface area contributed by atoms with Gasteiger partial charge in [-0.1, -0.05) is 164 Å². The molecule has 0 radical (unpaired) electrons. The van der Waals surface area contributed by atoms with Crippen molar-refractivity contribution in [2.45, 2.75) is 205 Å². The smallest absolute Gasteiger partial charge is 0.306 e. The Hall–Kier alpha value is -2.65. The van der Waals surface area contributed by atoms with Gasteiger partial charge in [-0.2, -0.15) is 8.42 Å². The molecule has 1 heterocycles. The zero-order valence-electron chi connectivity index (χ0n) is 36.8. The highest BCUT2D eigenvalue weighted by atomic mass is 32.2. The fourth-order valence-electron chi connectivity index (χ4n) is 6.59. The highest BCUT2D eigenvalue weighted by Gasteiger charge is 2.46. The lowest BCUT2D eigenvalue weighted by Gasteiger charge is -2.40. The number of allylic oxidation sites excluding steroid dienone is 10. The van der Waals surface area contributed by atoms with E-state index < -0.39 is 71.2 Å². The maximum Gasteiger partial charge on any atom is 0.306 e. The van der Waals surface area contributed by atoms with Crippen molar-refractivity contribution in [2.24, 2.45) is 0 Å². The lowest BCUT2D eigenvalue weighted by molar-refractivity contribution is -0.297. The van der Waals surface area contributed by atoms with Gasteiger partial charge in [0, 0.05) is 12.8 Å². The summed E-state index contributed by atoms with van der Waals surface area (Å²) in [5, 5.41) is 30.9. The van der Waals surface area contributed by atoms with Crippen molar-refractivity contribution in [2.75, 3.05) is 19.0 Å². The molecule has 6 atom stereocenters. The zero-order chi connectivity index (χ0) is 44.1. The molecular formula is C47H80O12S. The molecular weight excluding hydrogens is 789 g/mol. The van der Waals surface area contributed by atoms with Crippen molar-refractivity contribution in [1.29, 1.82) is 0 Å². The number of hydrogen-bond acceptors (Lipinski definition) is 11. The number of aliphatic hydroxyl groups excluding tert-OH is 3. The van der Waals surface area contributed by atoms with E-state index in [9.17, 15) is 37.9 Å². The average Bonchev–Trinajstić information content (AvgIpc) is 3.21. The van der Waals surface area contributed by atoms with Gasteiger partial charge in [-0.05, 0) is 51.4 Å². The molecule has 0 amide bonds. The summed E-state index contributed by atoms with van der Waals surface area (Å²) in [5.74, 6) is -2.06. The number of aliphatic hydroxyl groups is 3. The third kappa shape index (κ3) is 31.2. The van der Waals surface area contributed by atoms with E-state index in [1.54, 1.807) is 0 Å². The van der Waals surface area contributed by atoms with Gasteiger partial charge in [0.2, 0.25) is 0 Å². The second-order valence-electron chi connectivity index (χ2n) is 15.7. The van der Waals surface area contributed by atoms with E-state index in [0.717, 1.165) is 51.4 Å². The quantitative estimate of drug-likeness (QED) is 0.0201. The van der Waals surface area contributed by atoms with E-state index in [4.69, 9.17) is 18.9 Å². The summed E-state index contributed by atoms with van der Waals surface area (Å²) in [5.41, 5.74) is 0. The lowest BCUT2D eigenvalue weighted by Crippen LogP contribution is -2.60. The van der Waals surface area contributed by atoms with Crippen molar-refractivity contribution < 1.29 is 56.8 Å². The maximum atomic E-state index is 12.8. The van der Waals surface area contributed by atoms with E-state index >= 15 is 0 Å². The number of ether oxygens (including phenoxy) is 4. The number of unbranched alkanes of at least 4 members (excludes halogenated alkanes) is 15. The molecule has 2 unspecified atom stereocenters. The van der Waals surface area contributed by atoms with Crippen molar-refractivity contribution in [3.8, 4) is 0 Å². The molecule has 1 saturated heterocycles. The van der Waals surface area contributed by atoms with Crippen LogP contribution >= 0.6 is 0 Å². The second kappa shape index (κ2) is 37.0. The Balaban J connectivity index is 2.48. The van der Waals surface area contributed by atoms with Crippen molar-refractivity contribution >= 4 is 22.1 Å². The topological polar surface area (TPSA) is 186 Å². The van der Waals surface area contributed by atoms with Gasteiger partial charge in [-0.25, -0.2) is 0 Å². The van der Waals surface area contributed by atoms with E-state index in [-0.39, 0.29) is 19.4 Å². The van der Waals surface area contributed by atoms with Crippen LogP contribution in [0, 0.1) is 0 Å². The molecule has 60 heavy (non-hydrogen) atoms. The number of rotatable bonds is 37. The third-order valence-electron chi connectivity index (χ3n) is 10.1. The van der Waals surface area contributed by atoms with Crippen LogP contribution in [0.3, 0.4) is 0 Å². The maximum absolute atomic E-state index is 12.8. The summed E-state index contributed by atoms with van der Waals surface area (Å²) in [7, 11) is -4.61. The summed E-state index contributed by atoms with van der Waals surface area (Å²) in [6, 6.07) is 0. The number of carbonyl (C=O) groups excluding carboxylic acids is 2. The third-order valence-corrected chi connectivity index (χ3v) is 10.9. The Morgan fingerprint density at radius 2 is 1.05 bits per heavy atom. The number of esters is 2. The highest BCUT2D eigenvalue weighted by molar-refractivity contribution is 7.85. The van der Waals surface area contributed by atoms with Crippen LogP contribution in [-0.2, 0) is 38.7 Å². The zero-order valence-corrected chi connectivity index (χ0v) is 37.6. The van der Waals surface area contributed by atoms with Gasteiger partial charge >= 0.3 is 11.9 Å². The molecule has 1 aliphatic heterocycles. The first-order chi connectivity index (χ1) is 29.0. The molecule has 0 saturated carbocycles. The van der Waals surface area contributed by atoms with Gasteiger partial charge in [0.25, 0.3) is 10.1 Å². The van der Waals surface area contributed by atoms with Crippen LogP contribution < -0.4 is 0 Å². The summed E-state index contributed by atoms with van der Waals surface area (Å²) >= 11 is 0. The first-order valence-electron chi connectivity index (χ1n) is 22.8. The average molecular weight is 869 g/mol. The second-order valence-corrected chi connectivity index (χ2v) is 17.2. The van der Waals surface area contributed by atoms with E-state index in [2.05, 4.69) is 62.5 Å². The van der Waals surface area contributed by atoms with E-state index in [1.165, 1.54) is 70.6 Å². The molecule has 1 fully saturated rings. The lowest BCUT2D eigenvalue weighted by atomic mass is 10.00. The van der Waals surface area contributed by atoms with Gasteiger partial charge in [-0.3, -0.25) is 14.1 Å². The van der Waals surface area contributed by atoms with E-state index in [0.29, 0.717) is 19.3 Å². The highest BCUT2D eigenvalue weighted by Crippen LogP contribution is 2.24. The largest absolute Gasteiger partial charge is 0.462 e. The Labute approximate surface area is 362 Å². The first-order valence-corrected chi connectivity index (χ1v) is 24.5. The van der Waals surface area contributed by atoms with Crippen molar-refractivity contribution in [3.05, 3.63) is 60.8 Å². The van der Waals surface area contributed by atoms with Crippen LogP contribution in [0.2, 0.25) is 0 Å². The first kappa shape index (κ1) is 55.4. The molecule has 4 N–H and O–H groups in total. The molecule has 346 valence electrons. The number of hydrogen-bond donors (Lipinski definition) is 4. The predicted molar refractivity (Wildman–Crippen MR) is 238 cm³/mol. The Morgan fingerprint density at radius 1 is 0.583 bits per heavy atom. The molecule has 0 aromatic heterocycles. The summed E-state index contributed by atoms with van der Waals surface area (Å²) in [4.78, 5) is 25.4. The molecule has 12 nitrogen and oxygen atoms in total. The fourth-order valence-corrected chi connectivity index (χ4v) is 7.29. The molecule has 0 aromatic carbocycles. The Kier molecular flexibility index (Phi) is 34.1. The Bertz CT molecular complexity index is 1340. The van der Waals surface area contributed by atoms with Crippen LogP contribution in [0.25, 0.3) is 0 Å². The van der Waals surface area contributed by atoms with Gasteiger partial charge in [0.15, 0.2) is 12.4 Å². The molecule has 13 heteroatoms. The van der Waals surface area contributed by atoms with E-state index in [1.807, 2.05) is 12.2 Å². The van der Waals surface area contributed by atoms with Crippen LogP contribution in [0.5, 0.6) is 0 Å². The van der Waals surface area contributed by atoms with Crippen LogP contribution in [-0.4, -0.2) is 96.0 Å². The van der Waals surface area contributed by atoms with Gasteiger partial charge < -0.3 is 34.3 Å². The summed E-state index contributed by atoms with van der Waals surface area (Å²) in [6.07, 6.45) is 35.6. The molecule has 1 aliphatic rings. The Morgan fingerprint density at radius 3 is 1.55 bits per heavy atom. The molecule has 0 spiro atoms. The minimum Gasteiger partial charge on any atom is -0.462 e. The minimum absolute atomic E-state index is 0.140. The standard InChI is InChI=1S/C47H80O12S/c1-3-5-7-9-11-13-15-17-19-20-22-23-25-27-29-31-33-35-42(48)56-37-40(38-57-47-46(52)45(51)44(50)41(59-47)39-60(53,54)55)58-43(49)36-34-32-30-28-26-24-21-18-16-14-12-10-8-6-4-2/h5,7,11,13,17,19,22-23,27,29,40-41,44-47,50-52H,3-4,6,8-10,12,14-16,18,20-21,24-26,28,30-39H2,1-2H3,(H,53,54,55)/b7-5+,13-11+,19-17+,23-22+,29-27+/t40-,41-,44-,45?,46?,47+/m1/s1. The summed E-state index contributed by atoms with van der Waals surface area (Å²) < 4.78 is 54.0. The number of carbonyl (C=O) groups is 2. The summed E-state index contributed by atoms with van der Waals surface area (Å²) in [6.45, 7) is 3.60. The van der Waals surface area contributed by atoms with Crippen LogP contribution in [0.15, 0.2) is 60.8 Å². The predicted octanol–water partition coefficient (Wildman–Crippen LogP) is 9.34. The minimum atomic E-state index is -4.61.